The molecule has 24 heavy (non-hydrogen) atoms. The van der Waals surface area contributed by atoms with Gasteiger partial charge in [0.05, 0.1) is 6.26 Å². The topological polar surface area (TPSA) is 82.8 Å². The number of carbonyl (C=O) groups excluding carboxylic acids is 1. The average molecular weight is 328 g/mol. The molecule has 1 aliphatic heterocycles. The quantitative estimate of drug-likeness (QED) is 0.881. The molecule has 2 heterocycles. The summed E-state index contributed by atoms with van der Waals surface area (Å²) in [6.07, 6.45) is 2.42. The molecule has 1 unspecified atom stereocenters. The highest BCUT2D eigenvalue weighted by molar-refractivity contribution is 5.95. The zero-order valence-corrected chi connectivity index (χ0v) is 13.7. The highest BCUT2D eigenvalue weighted by Gasteiger charge is 2.28. The molecule has 2 aromatic rings. The van der Waals surface area contributed by atoms with Crippen LogP contribution >= 0.6 is 0 Å². The summed E-state index contributed by atoms with van der Waals surface area (Å²) < 4.78 is 5.31. The van der Waals surface area contributed by atoms with Crippen LogP contribution in [0.25, 0.3) is 0 Å². The van der Waals surface area contributed by atoms with Crippen LogP contribution in [0, 0.1) is 0 Å². The lowest BCUT2D eigenvalue weighted by Crippen LogP contribution is -2.38. The normalized spacial score (nSPS) is 17.4. The van der Waals surface area contributed by atoms with Crippen molar-refractivity contribution in [1.29, 1.82) is 0 Å². The van der Waals surface area contributed by atoms with E-state index >= 15 is 0 Å². The van der Waals surface area contributed by atoms with Gasteiger partial charge in [0.15, 0.2) is 5.76 Å². The molecule has 0 fully saturated rings. The van der Waals surface area contributed by atoms with Crippen LogP contribution in [0.4, 0.5) is 5.69 Å². The molecule has 1 aromatic heterocycles. The molecule has 0 bridgehead atoms. The number of nitrogens with zero attached hydrogens (tertiary/aromatic N) is 1. The Bertz CT molecular complexity index is 768. The van der Waals surface area contributed by atoms with Crippen molar-refractivity contribution in [3.63, 3.8) is 0 Å². The van der Waals surface area contributed by atoms with E-state index in [2.05, 4.69) is 29.3 Å². The maximum absolute atomic E-state index is 12.3. The van der Waals surface area contributed by atoms with E-state index in [1.54, 1.807) is 6.07 Å². The van der Waals surface area contributed by atoms with Crippen LogP contribution in [-0.2, 0) is 17.8 Å². The monoisotopic (exact) mass is 328 g/mol. The zero-order valence-electron chi connectivity index (χ0n) is 13.7. The zero-order chi connectivity index (χ0) is 17.3. The van der Waals surface area contributed by atoms with Gasteiger partial charge in [-0.1, -0.05) is 18.2 Å². The molecular formula is C18H20N2O4. The summed E-state index contributed by atoms with van der Waals surface area (Å²) in [5.41, 5.74) is 3.20. The Labute approximate surface area is 140 Å². The van der Waals surface area contributed by atoms with Crippen LogP contribution in [0.1, 0.15) is 35.5 Å². The Morgan fingerprint density at radius 2 is 2.12 bits per heavy atom. The van der Waals surface area contributed by atoms with Gasteiger partial charge in [0.1, 0.15) is 6.04 Å². The lowest BCUT2D eigenvalue weighted by atomic mass is 10.1. The van der Waals surface area contributed by atoms with Gasteiger partial charge in [-0.15, -0.1) is 0 Å². The number of hydrogen-bond acceptors (Lipinski definition) is 4. The first-order valence-corrected chi connectivity index (χ1v) is 7.92. The molecule has 0 saturated heterocycles. The van der Waals surface area contributed by atoms with Gasteiger partial charge < -0.3 is 19.7 Å². The minimum atomic E-state index is -1.08. The molecule has 3 rings (SSSR count). The Morgan fingerprint density at radius 3 is 2.88 bits per heavy atom. The number of nitrogens with one attached hydrogen (secondary N) is 1. The number of carboxylic acids is 1. The Kier molecular flexibility index (Phi) is 4.29. The van der Waals surface area contributed by atoms with E-state index in [-0.39, 0.29) is 5.76 Å². The molecule has 0 radical (unpaired) electrons. The van der Waals surface area contributed by atoms with Crippen LogP contribution in [0.15, 0.2) is 41.0 Å². The third kappa shape index (κ3) is 2.99. The van der Waals surface area contributed by atoms with Crippen LogP contribution in [-0.4, -0.2) is 29.1 Å². The van der Waals surface area contributed by atoms with E-state index in [4.69, 9.17) is 9.52 Å². The number of para-hydroxylation sites is 1. The van der Waals surface area contributed by atoms with Crippen molar-refractivity contribution in [2.24, 2.45) is 0 Å². The first-order chi connectivity index (χ1) is 11.5. The average Bonchev–Trinajstić information content (AvgIpc) is 3.12. The van der Waals surface area contributed by atoms with Gasteiger partial charge in [0.2, 0.25) is 0 Å². The summed E-state index contributed by atoms with van der Waals surface area (Å²) in [5.74, 6) is -1.43. The predicted molar refractivity (Wildman–Crippen MR) is 89.1 cm³/mol. The standard InChI is InChI=1S/C18H20N2O4/c1-11-9-13-5-3-4-6-15(13)20(11)10-14-7-8-24-16(14)17(21)19-12(2)18(22)23/h3-8,11-12H,9-10H2,1-2H3,(H,19,21)(H,22,23)/t11?,12-/m1/s1. The minimum absolute atomic E-state index is 0.166. The smallest absolute Gasteiger partial charge is 0.325 e. The molecular weight excluding hydrogens is 308 g/mol. The number of anilines is 1. The highest BCUT2D eigenvalue weighted by Crippen LogP contribution is 2.33. The van der Waals surface area contributed by atoms with Crippen LogP contribution in [0.5, 0.6) is 0 Å². The van der Waals surface area contributed by atoms with Gasteiger partial charge in [0, 0.05) is 23.8 Å². The lowest BCUT2D eigenvalue weighted by Gasteiger charge is -2.24. The molecule has 1 aliphatic rings. The van der Waals surface area contributed by atoms with E-state index in [0.29, 0.717) is 12.6 Å². The summed E-state index contributed by atoms with van der Waals surface area (Å²) in [6.45, 7) is 4.10. The maximum Gasteiger partial charge on any atom is 0.325 e. The van der Waals surface area contributed by atoms with Crippen molar-refractivity contribution >= 4 is 17.6 Å². The van der Waals surface area contributed by atoms with Gasteiger partial charge >= 0.3 is 5.97 Å². The van der Waals surface area contributed by atoms with E-state index in [0.717, 1.165) is 17.7 Å². The highest BCUT2D eigenvalue weighted by atomic mass is 16.4. The van der Waals surface area contributed by atoms with Gasteiger partial charge in [-0.3, -0.25) is 9.59 Å². The van der Waals surface area contributed by atoms with Crippen molar-refractivity contribution in [1.82, 2.24) is 5.32 Å². The number of furan rings is 1. The van der Waals surface area contributed by atoms with Gasteiger partial charge in [-0.05, 0) is 38.0 Å². The van der Waals surface area contributed by atoms with Crippen molar-refractivity contribution in [3.8, 4) is 0 Å². The van der Waals surface area contributed by atoms with Crippen molar-refractivity contribution in [2.45, 2.75) is 38.9 Å². The molecule has 6 nitrogen and oxygen atoms in total. The SMILES string of the molecule is CC1Cc2ccccc2N1Cc1ccoc1C(=O)N[C@H](C)C(=O)O. The molecule has 6 heteroatoms. The number of hydrogen-bond donors (Lipinski definition) is 2. The Hall–Kier alpha value is -2.76. The second-order valence-corrected chi connectivity index (χ2v) is 6.12. The number of amides is 1. The Balaban J connectivity index is 1.79. The number of fused-ring (bicyclic) bond motifs is 1. The summed E-state index contributed by atoms with van der Waals surface area (Å²) >= 11 is 0. The lowest BCUT2D eigenvalue weighted by molar-refractivity contribution is -0.138. The fourth-order valence-corrected chi connectivity index (χ4v) is 3.04. The molecule has 0 saturated carbocycles. The number of carbonyl (C=O) groups is 2. The van der Waals surface area contributed by atoms with Crippen LogP contribution in [0.2, 0.25) is 0 Å². The first kappa shape index (κ1) is 16.1. The van der Waals surface area contributed by atoms with Gasteiger partial charge in [0.25, 0.3) is 5.91 Å². The van der Waals surface area contributed by atoms with Gasteiger partial charge in [-0.25, -0.2) is 0 Å². The molecule has 1 amide bonds. The Morgan fingerprint density at radius 1 is 1.38 bits per heavy atom. The maximum atomic E-state index is 12.3. The number of rotatable bonds is 5. The molecule has 1 aromatic carbocycles. The second kappa shape index (κ2) is 6.39. The van der Waals surface area contributed by atoms with Crippen LogP contribution in [0.3, 0.4) is 0 Å². The summed E-state index contributed by atoms with van der Waals surface area (Å²) in [4.78, 5) is 25.4. The largest absolute Gasteiger partial charge is 0.480 e. The third-order valence-corrected chi connectivity index (χ3v) is 4.36. The first-order valence-electron chi connectivity index (χ1n) is 7.92. The van der Waals surface area contributed by atoms with E-state index in [1.165, 1.54) is 18.8 Å². The summed E-state index contributed by atoms with van der Waals surface area (Å²) in [6, 6.07) is 9.33. The number of benzene rings is 1. The predicted octanol–water partition coefficient (Wildman–Crippen LogP) is 2.43. The molecule has 126 valence electrons. The van der Waals surface area contributed by atoms with Gasteiger partial charge in [-0.2, -0.15) is 0 Å². The molecule has 2 atom stereocenters. The van der Waals surface area contributed by atoms with E-state index in [9.17, 15) is 9.59 Å². The summed E-state index contributed by atoms with van der Waals surface area (Å²) in [7, 11) is 0. The van der Waals surface area contributed by atoms with Crippen LogP contribution < -0.4 is 10.2 Å². The molecule has 2 N–H and O–H groups in total. The minimum Gasteiger partial charge on any atom is -0.480 e. The fraction of sp³-hybridized carbons (Fsp3) is 0.333. The van der Waals surface area contributed by atoms with E-state index in [1.807, 2.05) is 12.1 Å². The molecule has 0 spiro atoms. The van der Waals surface area contributed by atoms with Crippen molar-refractivity contribution < 1.29 is 19.1 Å². The van der Waals surface area contributed by atoms with Crippen molar-refractivity contribution in [2.75, 3.05) is 4.90 Å². The number of aliphatic carboxylic acids is 1. The van der Waals surface area contributed by atoms with Crippen molar-refractivity contribution in [3.05, 3.63) is 53.5 Å². The fourth-order valence-electron chi connectivity index (χ4n) is 3.04. The third-order valence-electron chi connectivity index (χ3n) is 4.36. The summed E-state index contributed by atoms with van der Waals surface area (Å²) in [5, 5.41) is 11.3. The van der Waals surface area contributed by atoms with E-state index < -0.39 is 17.9 Å². The second-order valence-electron chi connectivity index (χ2n) is 6.12. The molecule has 0 aliphatic carbocycles. The number of carboxylic acid groups (broad SMARTS) is 1.